The molecule has 0 unspecified atom stereocenters. The van der Waals surface area contributed by atoms with E-state index in [4.69, 9.17) is 16.3 Å². The molecule has 0 aliphatic carbocycles. The highest BCUT2D eigenvalue weighted by Gasteiger charge is 1.99. The van der Waals surface area contributed by atoms with E-state index >= 15 is 0 Å². The summed E-state index contributed by atoms with van der Waals surface area (Å²) in [5.74, 6) is 2.23. The Morgan fingerprint density at radius 3 is 2.78 bits per heavy atom. The Morgan fingerprint density at radius 1 is 1.78 bits per heavy atom. The lowest BCUT2D eigenvalue weighted by Gasteiger charge is -2.06. The van der Waals surface area contributed by atoms with Crippen molar-refractivity contribution < 1.29 is 14.6 Å². The third-order valence-corrected chi connectivity index (χ3v) is 0.739. The SMILES string of the molecule is C#C[C@@H](CO)OCOC. The fourth-order valence-electron chi connectivity index (χ4n) is 0.304. The van der Waals surface area contributed by atoms with Gasteiger partial charge >= 0.3 is 0 Å². The Labute approximate surface area is 54.6 Å². The van der Waals surface area contributed by atoms with Crippen LogP contribution in [0.3, 0.4) is 0 Å². The van der Waals surface area contributed by atoms with Gasteiger partial charge in [0, 0.05) is 7.11 Å². The van der Waals surface area contributed by atoms with Gasteiger partial charge in [-0.15, -0.1) is 6.42 Å². The van der Waals surface area contributed by atoms with Crippen LogP contribution in [0.15, 0.2) is 0 Å². The fourth-order valence-corrected chi connectivity index (χ4v) is 0.304. The Morgan fingerprint density at radius 2 is 2.44 bits per heavy atom. The number of aliphatic hydroxyl groups is 1. The first-order valence-corrected chi connectivity index (χ1v) is 2.52. The van der Waals surface area contributed by atoms with Crippen LogP contribution in [0.1, 0.15) is 0 Å². The van der Waals surface area contributed by atoms with Crippen molar-refractivity contribution in [3.63, 3.8) is 0 Å². The molecule has 0 amide bonds. The molecule has 9 heavy (non-hydrogen) atoms. The van der Waals surface area contributed by atoms with Gasteiger partial charge in [0.1, 0.15) is 12.9 Å². The molecule has 0 bridgehead atoms. The molecule has 0 fully saturated rings. The highest BCUT2D eigenvalue weighted by atomic mass is 16.7. The summed E-state index contributed by atoms with van der Waals surface area (Å²) in [5.41, 5.74) is 0. The third kappa shape index (κ3) is 3.98. The van der Waals surface area contributed by atoms with Crippen LogP contribution in [0.5, 0.6) is 0 Å². The predicted octanol–water partition coefficient (Wildman–Crippen LogP) is -0.399. The number of rotatable bonds is 4. The van der Waals surface area contributed by atoms with Gasteiger partial charge < -0.3 is 14.6 Å². The van der Waals surface area contributed by atoms with Gasteiger partial charge in [-0.05, 0) is 0 Å². The molecule has 1 atom stereocenters. The van der Waals surface area contributed by atoms with E-state index in [0.29, 0.717) is 0 Å². The summed E-state index contributed by atoms with van der Waals surface area (Å²) in [6.45, 7) is -0.0463. The Kier molecular flexibility index (Phi) is 5.23. The largest absolute Gasteiger partial charge is 0.393 e. The quantitative estimate of drug-likeness (QED) is 0.415. The van der Waals surface area contributed by atoms with Crippen LogP contribution >= 0.6 is 0 Å². The molecule has 0 aromatic rings. The number of methoxy groups -OCH3 is 1. The second kappa shape index (κ2) is 5.57. The molecule has 0 aliphatic heterocycles. The molecule has 0 spiro atoms. The lowest BCUT2D eigenvalue weighted by Crippen LogP contribution is -2.16. The number of hydrogen-bond acceptors (Lipinski definition) is 3. The lowest BCUT2D eigenvalue weighted by atomic mass is 10.4. The highest BCUT2D eigenvalue weighted by molar-refractivity contribution is 4.93. The first-order valence-electron chi connectivity index (χ1n) is 2.52. The van der Waals surface area contributed by atoms with E-state index in [0.717, 1.165) is 0 Å². The van der Waals surface area contributed by atoms with Crippen molar-refractivity contribution >= 4 is 0 Å². The summed E-state index contributed by atoms with van der Waals surface area (Å²) in [5, 5.41) is 8.43. The van der Waals surface area contributed by atoms with Gasteiger partial charge in [0.2, 0.25) is 0 Å². The molecule has 0 heterocycles. The van der Waals surface area contributed by atoms with Crippen LogP contribution in [-0.4, -0.2) is 31.7 Å². The molecule has 3 nitrogen and oxygen atoms in total. The third-order valence-electron chi connectivity index (χ3n) is 0.739. The van der Waals surface area contributed by atoms with E-state index in [2.05, 4.69) is 10.7 Å². The van der Waals surface area contributed by atoms with Crippen LogP contribution in [-0.2, 0) is 9.47 Å². The maximum absolute atomic E-state index is 8.43. The number of aliphatic hydroxyl groups excluding tert-OH is 1. The first-order chi connectivity index (χ1) is 4.35. The van der Waals surface area contributed by atoms with Gasteiger partial charge in [0.15, 0.2) is 0 Å². The fraction of sp³-hybridized carbons (Fsp3) is 0.667. The first kappa shape index (κ1) is 8.44. The van der Waals surface area contributed by atoms with Crippen LogP contribution in [0.2, 0.25) is 0 Å². The maximum atomic E-state index is 8.43. The van der Waals surface area contributed by atoms with Crippen molar-refractivity contribution in [2.45, 2.75) is 6.10 Å². The van der Waals surface area contributed by atoms with E-state index in [1.165, 1.54) is 7.11 Å². The molecule has 0 rings (SSSR count). The van der Waals surface area contributed by atoms with Crippen molar-refractivity contribution in [1.29, 1.82) is 0 Å². The second-order valence-corrected chi connectivity index (χ2v) is 1.41. The zero-order valence-corrected chi connectivity index (χ0v) is 5.33. The molecular formula is C6H10O3. The van der Waals surface area contributed by atoms with E-state index < -0.39 is 6.10 Å². The van der Waals surface area contributed by atoms with Gasteiger partial charge in [0.25, 0.3) is 0 Å². The minimum atomic E-state index is -0.537. The standard InChI is InChI=1S/C6H10O3/c1-3-6(4-7)9-5-8-2/h1,6-7H,4-5H2,2H3/t6-/m0/s1. The van der Waals surface area contributed by atoms with Crippen molar-refractivity contribution in [3.05, 3.63) is 0 Å². The maximum Gasteiger partial charge on any atom is 0.148 e. The lowest BCUT2D eigenvalue weighted by molar-refractivity contribution is -0.0660. The van der Waals surface area contributed by atoms with Crippen LogP contribution in [0.4, 0.5) is 0 Å². The van der Waals surface area contributed by atoms with Gasteiger partial charge in [0.05, 0.1) is 6.61 Å². The summed E-state index contributed by atoms with van der Waals surface area (Å²) in [6, 6.07) is 0. The molecule has 0 radical (unpaired) electrons. The molecule has 0 aromatic heterocycles. The van der Waals surface area contributed by atoms with E-state index in [9.17, 15) is 0 Å². The molecule has 1 N–H and O–H groups in total. The summed E-state index contributed by atoms with van der Waals surface area (Å²) in [7, 11) is 1.49. The number of terminal acetylenes is 1. The number of hydrogen-bond donors (Lipinski definition) is 1. The Balaban J connectivity index is 3.23. The van der Waals surface area contributed by atoms with Crippen LogP contribution < -0.4 is 0 Å². The van der Waals surface area contributed by atoms with Crippen LogP contribution in [0.25, 0.3) is 0 Å². The predicted molar refractivity (Wildman–Crippen MR) is 32.7 cm³/mol. The average molecular weight is 130 g/mol. The molecule has 0 aromatic carbocycles. The summed E-state index contributed by atoms with van der Waals surface area (Å²) >= 11 is 0. The minimum Gasteiger partial charge on any atom is -0.393 e. The molecule has 0 aliphatic rings. The number of ether oxygens (including phenoxy) is 2. The molecule has 0 saturated carbocycles. The van der Waals surface area contributed by atoms with E-state index in [-0.39, 0.29) is 13.4 Å². The van der Waals surface area contributed by atoms with Crippen molar-refractivity contribution in [2.24, 2.45) is 0 Å². The van der Waals surface area contributed by atoms with Gasteiger partial charge in [-0.1, -0.05) is 5.92 Å². The zero-order valence-electron chi connectivity index (χ0n) is 5.33. The Bertz CT molecular complexity index is 95.0. The monoisotopic (exact) mass is 130 g/mol. The van der Waals surface area contributed by atoms with Gasteiger partial charge in [-0.25, -0.2) is 0 Å². The molecule has 0 saturated heterocycles. The zero-order chi connectivity index (χ0) is 7.11. The van der Waals surface area contributed by atoms with Gasteiger partial charge in [-0.3, -0.25) is 0 Å². The normalized spacial score (nSPS) is 12.6. The van der Waals surface area contributed by atoms with E-state index in [1.807, 2.05) is 0 Å². The summed E-state index contributed by atoms with van der Waals surface area (Å²) in [4.78, 5) is 0. The molecule has 52 valence electrons. The van der Waals surface area contributed by atoms with Crippen molar-refractivity contribution in [1.82, 2.24) is 0 Å². The minimum absolute atomic E-state index is 0.120. The molecule has 3 heteroatoms. The smallest absolute Gasteiger partial charge is 0.148 e. The summed E-state index contributed by atoms with van der Waals surface area (Å²) < 4.78 is 9.33. The summed E-state index contributed by atoms with van der Waals surface area (Å²) in [6.07, 6.45) is 4.40. The Hall–Kier alpha value is -0.560. The topological polar surface area (TPSA) is 38.7 Å². The van der Waals surface area contributed by atoms with Crippen LogP contribution in [0, 0.1) is 12.3 Å². The second-order valence-electron chi connectivity index (χ2n) is 1.41. The van der Waals surface area contributed by atoms with Crippen molar-refractivity contribution in [2.75, 3.05) is 20.5 Å². The highest BCUT2D eigenvalue weighted by Crippen LogP contribution is 1.86. The molecular weight excluding hydrogens is 120 g/mol. The average Bonchev–Trinajstić information content (AvgIpc) is 1.91. The van der Waals surface area contributed by atoms with Gasteiger partial charge in [-0.2, -0.15) is 0 Å². The van der Waals surface area contributed by atoms with Crippen molar-refractivity contribution in [3.8, 4) is 12.3 Å². The van der Waals surface area contributed by atoms with E-state index in [1.54, 1.807) is 0 Å².